The molecule has 1 amide bonds. The van der Waals surface area contributed by atoms with Crippen molar-refractivity contribution in [3.05, 3.63) is 47.8 Å². The van der Waals surface area contributed by atoms with Crippen LogP contribution in [0.4, 0.5) is 0 Å². The molecule has 0 aliphatic rings. The minimum absolute atomic E-state index is 0.223. The van der Waals surface area contributed by atoms with E-state index in [1.165, 1.54) is 0 Å². The number of carbonyl (C=O) groups excluding carboxylic acids is 1. The topological polar surface area (TPSA) is 81.4 Å². The van der Waals surface area contributed by atoms with Crippen LogP contribution in [-0.2, 0) is 11.5 Å². The molecule has 5 nitrogen and oxygen atoms in total. The molecule has 2 aromatic heterocycles. The largest absolute Gasteiger partial charge is 0.468 e. The van der Waals surface area contributed by atoms with Gasteiger partial charge in [-0.05, 0) is 24.3 Å². The van der Waals surface area contributed by atoms with Crippen LogP contribution in [0.5, 0.6) is 0 Å². The number of thioether (sulfide) groups is 1. The Balaban J connectivity index is 1.83. The summed E-state index contributed by atoms with van der Waals surface area (Å²) in [6.45, 7) is 0. The van der Waals surface area contributed by atoms with Gasteiger partial charge in [0.25, 0.3) is 0 Å². The second-order valence-corrected chi connectivity index (χ2v) is 4.30. The van der Waals surface area contributed by atoms with Crippen molar-refractivity contribution in [1.82, 2.24) is 5.43 Å². The van der Waals surface area contributed by atoms with Crippen molar-refractivity contribution >= 4 is 17.7 Å². The molecule has 0 aliphatic heterocycles. The molecule has 0 unspecified atom stereocenters. The van der Waals surface area contributed by atoms with Crippen molar-refractivity contribution in [2.45, 2.75) is 11.5 Å². The van der Waals surface area contributed by atoms with E-state index in [9.17, 15) is 4.79 Å². The summed E-state index contributed by atoms with van der Waals surface area (Å²) < 4.78 is 10.5. The fraction of sp³-hybridized carbons (Fsp3) is 0.182. The summed E-state index contributed by atoms with van der Waals surface area (Å²) in [4.78, 5) is 11.1. The van der Waals surface area contributed by atoms with E-state index < -0.39 is 5.91 Å². The van der Waals surface area contributed by atoms with Gasteiger partial charge in [0.15, 0.2) is 5.76 Å². The van der Waals surface area contributed by atoms with Crippen LogP contribution in [0.15, 0.2) is 39.4 Å². The number of nitrogens with one attached hydrogen (secondary N) is 1. The molecule has 0 radical (unpaired) electrons. The molecular weight excluding hydrogens is 240 g/mol. The zero-order valence-corrected chi connectivity index (χ0v) is 9.83. The smallest absolute Gasteiger partial charge is 0.300 e. The van der Waals surface area contributed by atoms with Crippen molar-refractivity contribution < 1.29 is 13.6 Å². The Morgan fingerprint density at radius 1 is 1.29 bits per heavy atom. The van der Waals surface area contributed by atoms with Crippen LogP contribution in [-0.4, -0.2) is 5.91 Å². The van der Waals surface area contributed by atoms with E-state index in [0.717, 1.165) is 17.3 Å². The van der Waals surface area contributed by atoms with Crippen molar-refractivity contribution in [3.63, 3.8) is 0 Å². The number of hydrazine groups is 1. The minimum atomic E-state index is -0.424. The van der Waals surface area contributed by atoms with Crippen molar-refractivity contribution in [3.8, 4) is 0 Å². The van der Waals surface area contributed by atoms with Crippen LogP contribution < -0.4 is 11.3 Å². The average Bonchev–Trinajstić information content (AvgIpc) is 2.99. The summed E-state index contributed by atoms with van der Waals surface area (Å²) >= 11 is 1.65. The zero-order valence-electron chi connectivity index (χ0n) is 9.01. The fourth-order valence-corrected chi connectivity index (χ4v) is 2.12. The third-order valence-electron chi connectivity index (χ3n) is 2.09. The van der Waals surface area contributed by atoms with Gasteiger partial charge in [-0.3, -0.25) is 10.2 Å². The van der Waals surface area contributed by atoms with Gasteiger partial charge in [-0.2, -0.15) is 0 Å². The highest BCUT2D eigenvalue weighted by Gasteiger charge is 2.09. The third kappa shape index (κ3) is 3.15. The van der Waals surface area contributed by atoms with Gasteiger partial charge in [0.05, 0.1) is 17.8 Å². The van der Waals surface area contributed by atoms with Crippen LogP contribution >= 0.6 is 11.8 Å². The summed E-state index contributed by atoms with van der Waals surface area (Å²) in [5, 5.41) is 0. The van der Waals surface area contributed by atoms with Gasteiger partial charge < -0.3 is 8.83 Å². The highest BCUT2D eigenvalue weighted by atomic mass is 32.2. The second kappa shape index (κ2) is 5.60. The molecule has 0 aromatic carbocycles. The lowest BCUT2D eigenvalue weighted by Gasteiger charge is -1.97. The summed E-state index contributed by atoms with van der Waals surface area (Å²) in [6.07, 6.45) is 1.65. The lowest BCUT2D eigenvalue weighted by Crippen LogP contribution is -2.29. The zero-order chi connectivity index (χ0) is 12.1. The Labute approximate surface area is 102 Å². The van der Waals surface area contributed by atoms with E-state index in [0.29, 0.717) is 5.75 Å². The molecule has 2 heterocycles. The van der Waals surface area contributed by atoms with E-state index in [2.05, 4.69) is 0 Å². The number of rotatable bonds is 5. The molecule has 3 N–H and O–H groups in total. The Kier molecular flexibility index (Phi) is 3.89. The van der Waals surface area contributed by atoms with E-state index in [1.54, 1.807) is 30.2 Å². The van der Waals surface area contributed by atoms with Gasteiger partial charge in [0.1, 0.15) is 11.5 Å². The molecule has 0 saturated carbocycles. The molecule has 17 heavy (non-hydrogen) atoms. The van der Waals surface area contributed by atoms with Crippen LogP contribution in [0.3, 0.4) is 0 Å². The minimum Gasteiger partial charge on any atom is -0.468 e. The Morgan fingerprint density at radius 3 is 2.82 bits per heavy atom. The van der Waals surface area contributed by atoms with Crippen LogP contribution in [0.25, 0.3) is 0 Å². The SMILES string of the molecule is NNC(=O)c1ccc(CSCc2ccco2)o1. The predicted molar refractivity (Wildman–Crippen MR) is 64.1 cm³/mol. The summed E-state index contributed by atoms with van der Waals surface area (Å²) in [5.74, 6) is 7.90. The molecule has 0 spiro atoms. The summed E-state index contributed by atoms with van der Waals surface area (Å²) in [7, 11) is 0. The van der Waals surface area contributed by atoms with Crippen LogP contribution in [0.1, 0.15) is 22.1 Å². The quantitative estimate of drug-likeness (QED) is 0.482. The maximum atomic E-state index is 11.1. The maximum absolute atomic E-state index is 11.1. The number of nitrogens with two attached hydrogens (primary N) is 1. The first-order chi connectivity index (χ1) is 8.29. The molecule has 6 heteroatoms. The van der Waals surface area contributed by atoms with Crippen molar-refractivity contribution in [1.29, 1.82) is 0 Å². The van der Waals surface area contributed by atoms with Gasteiger partial charge in [-0.1, -0.05) is 0 Å². The first-order valence-corrected chi connectivity index (χ1v) is 6.15. The second-order valence-electron chi connectivity index (χ2n) is 3.31. The lowest BCUT2D eigenvalue weighted by molar-refractivity contribution is 0.0924. The maximum Gasteiger partial charge on any atom is 0.300 e. The number of carbonyl (C=O) groups is 1. The Morgan fingerprint density at radius 2 is 2.12 bits per heavy atom. The number of nitrogen functional groups attached to an aromatic ring is 1. The van der Waals surface area contributed by atoms with E-state index in [4.69, 9.17) is 14.7 Å². The normalized spacial score (nSPS) is 10.4. The third-order valence-corrected chi connectivity index (χ3v) is 3.06. The molecular formula is C11H12N2O3S. The van der Waals surface area contributed by atoms with Gasteiger partial charge in [-0.25, -0.2) is 5.84 Å². The highest BCUT2D eigenvalue weighted by Crippen LogP contribution is 2.19. The summed E-state index contributed by atoms with van der Waals surface area (Å²) in [6, 6.07) is 7.14. The highest BCUT2D eigenvalue weighted by molar-refractivity contribution is 7.97. The Bertz CT molecular complexity index is 479. The molecule has 90 valence electrons. The van der Waals surface area contributed by atoms with E-state index >= 15 is 0 Å². The standard InChI is InChI=1S/C11H12N2O3S/c12-13-11(14)10-4-3-9(16-10)7-17-6-8-2-1-5-15-8/h1-5H,6-7,12H2,(H,13,14). The van der Waals surface area contributed by atoms with Crippen molar-refractivity contribution in [2.75, 3.05) is 0 Å². The molecule has 0 aliphatic carbocycles. The van der Waals surface area contributed by atoms with E-state index in [1.807, 2.05) is 17.6 Å². The number of amides is 1. The number of hydrogen-bond donors (Lipinski definition) is 2. The summed E-state index contributed by atoms with van der Waals surface area (Å²) in [5.41, 5.74) is 2.02. The molecule has 2 aromatic rings. The van der Waals surface area contributed by atoms with Gasteiger partial charge >= 0.3 is 5.91 Å². The molecule has 2 rings (SSSR count). The van der Waals surface area contributed by atoms with E-state index in [-0.39, 0.29) is 5.76 Å². The Hall–Kier alpha value is -1.66. The number of furan rings is 2. The molecule has 0 saturated heterocycles. The monoisotopic (exact) mass is 252 g/mol. The first-order valence-electron chi connectivity index (χ1n) is 4.99. The molecule has 0 bridgehead atoms. The van der Waals surface area contributed by atoms with Gasteiger partial charge in [0.2, 0.25) is 0 Å². The fourth-order valence-electron chi connectivity index (χ4n) is 1.30. The average molecular weight is 252 g/mol. The molecule has 0 atom stereocenters. The van der Waals surface area contributed by atoms with Gasteiger partial charge in [-0.15, -0.1) is 11.8 Å². The number of hydrogen-bond acceptors (Lipinski definition) is 5. The molecule has 0 fully saturated rings. The van der Waals surface area contributed by atoms with Crippen LogP contribution in [0.2, 0.25) is 0 Å². The van der Waals surface area contributed by atoms with Crippen LogP contribution in [0, 0.1) is 0 Å². The van der Waals surface area contributed by atoms with Gasteiger partial charge in [0, 0.05) is 0 Å². The van der Waals surface area contributed by atoms with Crippen molar-refractivity contribution in [2.24, 2.45) is 5.84 Å². The lowest BCUT2D eigenvalue weighted by atomic mass is 10.4. The first kappa shape index (κ1) is 11.8. The predicted octanol–water partition coefficient (Wildman–Crippen LogP) is 1.91.